The van der Waals surface area contributed by atoms with Crippen molar-refractivity contribution in [2.75, 3.05) is 13.1 Å². The lowest BCUT2D eigenvalue weighted by molar-refractivity contribution is 0.0954. The number of hydrogen-bond acceptors (Lipinski definition) is 4. The maximum atomic E-state index is 12.3. The van der Waals surface area contributed by atoms with E-state index in [1.54, 1.807) is 41.7 Å². The van der Waals surface area contributed by atoms with E-state index in [-0.39, 0.29) is 23.9 Å². The van der Waals surface area contributed by atoms with Crippen LogP contribution < -0.4 is 10.0 Å². The fourth-order valence-corrected chi connectivity index (χ4v) is 4.23. The molecule has 0 bridgehead atoms. The van der Waals surface area contributed by atoms with Crippen LogP contribution in [-0.4, -0.2) is 23.5 Å². The fraction of sp³-hybridized carbons (Fsp3) is 0.150. The summed E-state index contributed by atoms with van der Waals surface area (Å²) in [6.07, 6.45) is 0. The number of rotatable bonds is 7. The smallest absolute Gasteiger partial charge is 0.251 e. The van der Waals surface area contributed by atoms with Crippen molar-refractivity contribution < 1.29 is 13.6 Å². The normalized spacial score (nSPS) is 13.1. The highest BCUT2D eigenvalue weighted by Crippen LogP contribution is 2.22. The van der Waals surface area contributed by atoms with E-state index in [1.165, 1.54) is 0 Å². The zero-order chi connectivity index (χ0) is 19.3. The van der Waals surface area contributed by atoms with Crippen molar-refractivity contribution in [2.24, 2.45) is 0 Å². The Labute approximate surface area is 163 Å². The van der Waals surface area contributed by atoms with Crippen molar-refractivity contribution in [1.82, 2.24) is 10.0 Å². The minimum absolute atomic E-state index is 0.117. The Balaban J connectivity index is 1.53. The van der Waals surface area contributed by atoms with E-state index in [9.17, 15) is 13.6 Å². The molecule has 1 amide bonds. The van der Waals surface area contributed by atoms with Crippen LogP contribution in [0, 0.1) is 6.92 Å². The summed E-state index contributed by atoms with van der Waals surface area (Å²) in [7, 11) is -3.58. The van der Waals surface area contributed by atoms with Crippen LogP contribution in [0.3, 0.4) is 0 Å². The second-order valence-electron chi connectivity index (χ2n) is 6.06. The van der Waals surface area contributed by atoms with E-state index >= 15 is 0 Å². The molecule has 0 aliphatic heterocycles. The summed E-state index contributed by atoms with van der Waals surface area (Å²) < 4.78 is 26.9. The molecule has 140 valence electrons. The maximum absolute atomic E-state index is 12.3. The van der Waals surface area contributed by atoms with Gasteiger partial charge in [0.05, 0.1) is 6.54 Å². The Morgan fingerprint density at radius 1 is 1.07 bits per heavy atom. The predicted molar refractivity (Wildman–Crippen MR) is 108 cm³/mol. The zero-order valence-corrected chi connectivity index (χ0v) is 16.4. The summed E-state index contributed by atoms with van der Waals surface area (Å²) in [5.74, 6) is -0.235. The molecule has 5 nitrogen and oxygen atoms in total. The first-order chi connectivity index (χ1) is 13.0. The van der Waals surface area contributed by atoms with Gasteiger partial charge in [0.1, 0.15) is 0 Å². The van der Waals surface area contributed by atoms with Crippen LogP contribution in [0.2, 0.25) is 0 Å². The molecule has 3 rings (SSSR count). The number of carbonyl (C=O) groups is 1. The molecule has 0 saturated heterocycles. The average molecular weight is 401 g/mol. The molecule has 2 N–H and O–H groups in total. The molecule has 0 saturated carbocycles. The lowest BCUT2D eigenvalue weighted by atomic mass is 10.1. The van der Waals surface area contributed by atoms with Crippen molar-refractivity contribution in [3.63, 3.8) is 0 Å². The van der Waals surface area contributed by atoms with E-state index in [0.717, 1.165) is 16.7 Å². The molecule has 0 fully saturated rings. The maximum Gasteiger partial charge on any atom is 0.251 e. The topological polar surface area (TPSA) is 81.3 Å². The minimum atomic E-state index is -3.58. The molecule has 2 aromatic carbocycles. The van der Waals surface area contributed by atoms with Gasteiger partial charge >= 0.3 is 0 Å². The van der Waals surface area contributed by atoms with Gasteiger partial charge in [-0.05, 0) is 59.1 Å². The molecule has 0 radical (unpaired) electrons. The van der Waals surface area contributed by atoms with Crippen LogP contribution in [0.5, 0.6) is 0 Å². The van der Waals surface area contributed by atoms with E-state index < -0.39 is 10.4 Å². The van der Waals surface area contributed by atoms with Crippen LogP contribution >= 0.6 is 11.3 Å². The second-order valence-corrected chi connectivity index (χ2v) is 8.61. The summed E-state index contributed by atoms with van der Waals surface area (Å²) in [4.78, 5) is 12.5. The number of thiophene rings is 1. The third-order valence-electron chi connectivity index (χ3n) is 4.01. The van der Waals surface area contributed by atoms with E-state index in [0.29, 0.717) is 5.56 Å². The highest BCUT2D eigenvalue weighted by Gasteiger charge is 2.19. The quantitative estimate of drug-likeness (QED) is 0.469. The molecule has 1 heterocycles. The van der Waals surface area contributed by atoms with Crippen molar-refractivity contribution in [3.05, 3.63) is 76.5 Å². The number of benzene rings is 2. The summed E-state index contributed by atoms with van der Waals surface area (Å²) in [6, 6.07) is 16.0. The lowest BCUT2D eigenvalue weighted by Crippen LogP contribution is -2.37. The first-order valence-corrected chi connectivity index (χ1v) is 10.9. The molecule has 0 spiro atoms. The van der Waals surface area contributed by atoms with Crippen LogP contribution in [0.1, 0.15) is 15.9 Å². The van der Waals surface area contributed by atoms with Gasteiger partial charge in [-0.2, -0.15) is 11.3 Å². The molecule has 7 heteroatoms. The Morgan fingerprint density at radius 3 is 2.56 bits per heavy atom. The molecule has 1 unspecified atom stereocenters. The van der Waals surface area contributed by atoms with E-state index in [4.69, 9.17) is 0 Å². The molecular formula is C20H20N2O3S2. The highest BCUT2D eigenvalue weighted by atomic mass is 32.3. The molecular weight excluding hydrogens is 380 g/mol. The first kappa shape index (κ1) is 19.4. The molecule has 3 aromatic rings. The van der Waals surface area contributed by atoms with Crippen LogP contribution in [0.25, 0.3) is 11.1 Å². The highest BCUT2D eigenvalue weighted by molar-refractivity contribution is 7.95. The van der Waals surface area contributed by atoms with Crippen molar-refractivity contribution in [3.8, 4) is 11.1 Å². The standard InChI is InChI=1S/C20H20N2O3S2/c1-15-5-7-19(8-6-15)27(24,25)22-11-10-21-20(23)17-4-2-3-16(13-17)18-9-12-26-14-18/h2-9,12-14H,10-11H2,1H3,(H2-,21,22,23,24,25). The predicted octanol–water partition coefficient (Wildman–Crippen LogP) is 3.65. The van der Waals surface area contributed by atoms with E-state index in [2.05, 4.69) is 10.0 Å². The van der Waals surface area contributed by atoms with Gasteiger partial charge in [0, 0.05) is 12.1 Å². The van der Waals surface area contributed by atoms with Gasteiger partial charge in [0.2, 0.25) is 0 Å². The van der Waals surface area contributed by atoms with Gasteiger partial charge < -0.3 is 9.87 Å². The van der Waals surface area contributed by atoms with Gasteiger partial charge in [0.25, 0.3) is 5.91 Å². The monoisotopic (exact) mass is 400 g/mol. The van der Waals surface area contributed by atoms with Crippen LogP contribution in [-0.2, 0) is 14.6 Å². The summed E-state index contributed by atoms with van der Waals surface area (Å²) in [5, 5.41) is 6.75. The summed E-state index contributed by atoms with van der Waals surface area (Å²) >= 11 is 1.60. The SMILES string of the molecule is Cc1ccc([S+](=O)([O-])NCCNC(=O)c2cccc(-c3ccsc3)c2)cc1. The Bertz CT molecular complexity index is 954. The van der Waals surface area contributed by atoms with Crippen LogP contribution in [0.4, 0.5) is 0 Å². The number of amides is 1. The van der Waals surface area contributed by atoms with Gasteiger partial charge in [0.15, 0.2) is 15.3 Å². The van der Waals surface area contributed by atoms with Crippen LogP contribution in [0.15, 0.2) is 70.3 Å². The molecule has 0 aliphatic rings. The largest absolute Gasteiger partial charge is 0.593 e. The number of hydrogen-bond donors (Lipinski definition) is 2. The molecule has 1 aromatic heterocycles. The van der Waals surface area contributed by atoms with Gasteiger partial charge in [-0.3, -0.25) is 4.79 Å². The Hall–Kier alpha value is -2.32. The van der Waals surface area contributed by atoms with Crippen molar-refractivity contribution >= 4 is 27.6 Å². The van der Waals surface area contributed by atoms with Gasteiger partial charge in [-0.15, -0.1) is 4.72 Å². The summed E-state index contributed by atoms with van der Waals surface area (Å²) in [6.45, 7) is 2.21. The van der Waals surface area contributed by atoms with Crippen molar-refractivity contribution in [2.45, 2.75) is 11.8 Å². The summed E-state index contributed by atoms with van der Waals surface area (Å²) in [5.41, 5.74) is 3.58. The Kier molecular flexibility index (Phi) is 6.18. The van der Waals surface area contributed by atoms with Gasteiger partial charge in [-0.1, -0.05) is 34.0 Å². The second kappa shape index (κ2) is 8.58. The van der Waals surface area contributed by atoms with Gasteiger partial charge in [-0.25, -0.2) is 0 Å². The minimum Gasteiger partial charge on any atom is -0.593 e. The molecule has 27 heavy (non-hydrogen) atoms. The molecule has 0 aliphatic carbocycles. The average Bonchev–Trinajstić information content (AvgIpc) is 3.20. The Morgan fingerprint density at radius 2 is 1.85 bits per heavy atom. The number of aryl methyl sites for hydroxylation is 1. The molecule has 1 atom stereocenters. The number of carbonyl (C=O) groups excluding carboxylic acids is 1. The zero-order valence-electron chi connectivity index (χ0n) is 14.8. The van der Waals surface area contributed by atoms with E-state index in [1.807, 2.05) is 41.9 Å². The number of sulfonamides is 1. The first-order valence-electron chi connectivity index (χ1n) is 8.43. The third-order valence-corrected chi connectivity index (χ3v) is 6.17. The van der Waals surface area contributed by atoms with Crippen molar-refractivity contribution in [1.29, 1.82) is 0 Å². The third kappa shape index (κ3) is 5.11. The fourth-order valence-electron chi connectivity index (χ4n) is 2.53. The number of nitrogens with one attached hydrogen (secondary N) is 2. The lowest BCUT2D eigenvalue weighted by Gasteiger charge is -2.15.